The molecule has 0 aromatic heterocycles. The number of carbonyl (C=O) groups excluding carboxylic acids is 1. The van der Waals surface area contributed by atoms with E-state index in [-0.39, 0.29) is 10.9 Å². The zero-order valence-electron chi connectivity index (χ0n) is 10.1. The summed E-state index contributed by atoms with van der Waals surface area (Å²) in [6, 6.07) is 6.87. The molecule has 18 heavy (non-hydrogen) atoms. The summed E-state index contributed by atoms with van der Waals surface area (Å²) in [5.74, 6) is 0.419. The molecule has 1 aromatic rings. The van der Waals surface area contributed by atoms with Crippen LogP contribution >= 0.6 is 12.2 Å². The minimum absolute atomic E-state index is 0.171. The van der Waals surface area contributed by atoms with Crippen molar-refractivity contribution in [1.29, 1.82) is 0 Å². The van der Waals surface area contributed by atoms with E-state index in [1.165, 1.54) is 0 Å². The van der Waals surface area contributed by atoms with Crippen LogP contribution in [0, 0.1) is 0 Å². The lowest BCUT2D eigenvalue weighted by Gasteiger charge is -2.06. The maximum Gasteiger partial charge on any atom is 0.251 e. The topological polar surface area (TPSA) is 72.2 Å². The van der Waals surface area contributed by atoms with Crippen molar-refractivity contribution in [3.63, 3.8) is 0 Å². The molecular formula is C12H16N2O2S2. The quantitative estimate of drug-likeness (QED) is 0.599. The van der Waals surface area contributed by atoms with Gasteiger partial charge in [0.2, 0.25) is 0 Å². The van der Waals surface area contributed by atoms with E-state index in [1.807, 2.05) is 0 Å². The van der Waals surface area contributed by atoms with E-state index in [0.29, 0.717) is 29.8 Å². The Hall–Kier alpha value is -1.27. The predicted octanol–water partition coefficient (Wildman–Crippen LogP) is 0.819. The number of hydrogen-bond donors (Lipinski definition) is 2. The molecule has 1 aromatic carbocycles. The molecule has 0 saturated carbocycles. The molecule has 0 bridgehead atoms. The van der Waals surface area contributed by atoms with Crippen molar-refractivity contribution in [3.05, 3.63) is 35.4 Å². The molecule has 0 spiro atoms. The van der Waals surface area contributed by atoms with E-state index in [4.69, 9.17) is 18.0 Å². The maximum atomic E-state index is 11.8. The highest BCUT2D eigenvalue weighted by atomic mass is 32.2. The lowest BCUT2D eigenvalue weighted by molar-refractivity contribution is 0.0953. The van der Waals surface area contributed by atoms with Crippen molar-refractivity contribution in [2.75, 3.05) is 18.6 Å². The van der Waals surface area contributed by atoms with Gasteiger partial charge >= 0.3 is 0 Å². The molecule has 1 unspecified atom stereocenters. The van der Waals surface area contributed by atoms with Crippen LogP contribution in [-0.4, -0.2) is 33.7 Å². The van der Waals surface area contributed by atoms with E-state index in [1.54, 1.807) is 30.5 Å². The van der Waals surface area contributed by atoms with Gasteiger partial charge in [-0.2, -0.15) is 0 Å². The number of carbonyl (C=O) groups is 1. The molecule has 3 N–H and O–H groups in total. The van der Waals surface area contributed by atoms with Gasteiger partial charge in [0.1, 0.15) is 4.99 Å². The van der Waals surface area contributed by atoms with Gasteiger partial charge in [-0.25, -0.2) is 0 Å². The maximum absolute atomic E-state index is 11.8. The molecule has 0 aliphatic heterocycles. The Morgan fingerprint density at radius 1 is 1.44 bits per heavy atom. The minimum Gasteiger partial charge on any atom is -0.389 e. The third-order valence-corrected chi connectivity index (χ3v) is 3.40. The third kappa shape index (κ3) is 4.93. The molecule has 1 rings (SSSR count). The summed E-state index contributed by atoms with van der Waals surface area (Å²) in [6.45, 7) is 0.510. The van der Waals surface area contributed by atoms with Crippen LogP contribution in [0.25, 0.3) is 0 Å². The van der Waals surface area contributed by atoms with Crippen LogP contribution in [0.2, 0.25) is 0 Å². The Labute approximate surface area is 114 Å². The number of thiocarbonyl (C=S) groups is 1. The van der Waals surface area contributed by atoms with Crippen molar-refractivity contribution in [1.82, 2.24) is 5.32 Å². The van der Waals surface area contributed by atoms with E-state index in [2.05, 4.69) is 5.32 Å². The molecule has 4 nitrogen and oxygen atoms in total. The Morgan fingerprint density at radius 3 is 2.72 bits per heavy atom. The second kappa shape index (κ2) is 7.23. The zero-order valence-corrected chi connectivity index (χ0v) is 11.8. The number of rotatable bonds is 6. The number of amides is 1. The Bertz CT molecular complexity index is 475. The van der Waals surface area contributed by atoms with E-state index in [9.17, 15) is 9.00 Å². The molecule has 6 heteroatoms. The molecule has 1 amide bonds. The fraction of sp³-hybridized carbons (Fsp3) is 0.333. The van der Waals surface area contributed by atoms with Crippen LogP contribution < -0.4 is 11.1 Å². The van der Waals surface area contributed by atoms with Crippen LogP contribution in [0.1, 0.15) is 22.3 Å². The molecule has 0 saturated heterocycles. The number of nitrogens with two attached hydrogens (primary N) is 1. The summed E-state index contributed by atoms with van der Waals surface area (Å²) in [5, 5.41) is 2.76. The first-order valence-electron chi connectivity index (χ1n) is 5.49. The molecule has 0 fully saturated rings. The molecule has 0 aliphatic rings. The summed E-state index contributed by atoms with van der Waals surface area (Å²) in [5.41, 5.74) is 6.70. The summed E-state index contributed by atoms with van der Waals surface area (Å²) in [6.07, 6.45) is 2.34. The molecule has 98 valence electrons. The number of hydrogen-bond acceptors (Lipinski definition) is 3. The predicted molar refractivity (Wildman–Crippen MR) is 78.2 cm³/mol. The Kier molecular flexibility index (Phi) is 5.94. The summed E-state index contributed by atoms with van der Waals surface area (Å²) in [7, 11) is -0.820. The number of benzene rings is 1. The van der Waals surface area contributed by atoms with Crippen LogP contribution in [-0.2, 0) is 10.8 Å². The van der Waals surface area contributed by atoms with Crippen molar-refractivity contribution in [2.24, 2.45) is 5.73 Å². The van der Waals surface area contributed by atoms with Crippen molar-refractivity contribution in [2.45, 2.75) is 6.42 Å². The third-order valence-electron chi connectivity index (χ3n) is 2.30. The average Bonchev–Trinajstić information content (AvgIpc) is 2.34. The monoisotopic (exact) mass is 284 g/mol. The smallest absolute Gasteiger partial charge is 0.251 e. The van der Waals surface area contributed by atoms with Crippen molar-refractivity contribution >= 4 is 33.9 Å². The fourth-order valence-electron chi connectivity index (χ4n) is 1.39. The lowest BCUT2D eigenvalue weighted by Crippen LogP contribution is -2.25. The highest BCUT2D eigenvalue weighted by molar-refractivity contribution is 7.84. The van der Waals surface area contributed by atoms with Gasteiger partial charge in [-0.15, -0.1) is 0 Å². The first kappa shape index (κ1) is 14.8. The van der Waals surface area contributed by atoms with E-state index in [0.717, 1.165) is 0 Å². The standard InChI is InChI=1S/C12H16N2O2S2/c1-18(16)7-3-6-14-12(15)10-5-2-4-9(8-10)11(13)17/h2,4-5,8H,3,6-7H2,1H3,(H2,13,17)(H,14,15). The average molecular weight is 284 g/mol. The van der Waals surface area contributed by atoms with Crippen LogP contribution in [0.3, 0.4) is 0 Å². The number of nitrogens with one attached hydrogen (secondary N) is 1. The molecule has 0 heterocycles. The highest BCUT2D eigenvalue weighted by Gasteiger charge is 2.06. The summed E-state index contributed by atoms with van der Waals surface area (Å²) >= 11 is 4.86. The molecular weight excluding hydrogens is 268 g/mol. The van der Waals surface area contributed by atoms with Gasteiger partial charge in [-0.3, -0.25) is 9.00 Å². The lowest BCUT2D eigenvalue weighted by atomic mass is 10.1. The SMILES string of the molecule is CS(=O)CCCNC(=O)c1cccc(C(N)=S)c1. The first-order valence-corrected chi connectivity index (χ1v) is 7.62. The van der Waals surface area contributed by atoms with Gasteiger partial charge in [0.25, 0.3) is 5.91 Å². The van der Waals surface area contributed by atoms with Gasteiger partial charge in [-0.05, 0) is 18.6 Å². The van der Waals surface area contributed by atoms with E-state index < -0.39 is 10.8 Å². The Morgan fingerprint density at radius 2 is 2.11 bits per heavy atom. The summed E-state index contributed by atoms with van der Waals surface area (Å²) < 4.78 is 10.8. The van der Waals surface area contributed by atoms with Gasteiger partial charge in [0, 0.05) is 40.5 Å². The second-order valence-electron chi connectivity index (χ2n) is 3.83. The van der Waals surface area contributed by atoms with Gasteiger partial charge in [0.05, 0.1) is 0 Å². The zero-order chi connectivity index (χ0) is 13.5. The van der Waals surface area contributed by atoms with Gasteiger partial charge < -0.3 is 11.1 Å². The first-order chi connectivity index (χ1) is 8.50. The highest BCUT2D eigenvalue weighted by Crippen LogP contribution is 2.05. The van der Waals surface area contributed by atoms with Crippen LogP contribution in [0.5, 0.6) is 0 Å². The van der Waals surface area contributed by atoms with Crippen LogP contribution in [0.4, 0.5) is 0 Å². The molecule has 0 radical (unpaired) electrons. The summed E-state index contributed by atoms with van der Waals surface area (Å²) in [4.78, 5) is 12.1. The van der Waals surface area contributed by atoms with Crippen molar-refractivity contribution in [3.8, 4) is 0 Å². The van der Waals surface area contributed by atoms with Gasteiger partial charge in [0.15, 0.2) is 0 Å². The minimum atomic E-state index is -0.820. The largest absolute Gasteiger partial charge is 0.389 e. The Balaban J connectivity index is 2.53. The fourth-order valence-corrected chi connectivity index (χ4v) is 2.07. The van der Waals surface area contributed by atoms with Gasteiger partial charge in [-0.1, -0.05) is 24.4 Å². The molecule has 1 atom stereocenters. The second-order valence-corrected chi connectivity index (χ2v) is 5.83. The van der Waals surface area contributed by atoms with E-state index >= 15 is 0 Å². The van der Waals surface area contributed by atoms with Crippen LogP contribution in [0.15, 0.2) is 24.3 Å². The molecule has 0 aliphatic carbocycles. The van der Waals surface area contributed by atoms with Crippen molar-refractivity contribution < 1.29 is 9.00 Å². The normalized spacial score (nSPS) is 11.8.